The van der Waals surface area contributed by atoms with Crippen LogP contribution in [0.25, 0.3) is 0 Å². The topological polar surface area (TPSA) is 3.24 Å². The third kappa shape index (κ3) is 3.08. The van der Waals surface area contributed by atoms with Crippen molar-refractivity contribution in [2.75, 3.05) is 13.1 Å². The summed E-state index contributed by atoms with van der Waals surface area (Å²) in [5.74, 6) is 0. The van der Waals surface area contributed by atoms with Crippen LogP contribution >= 0.6 is 10.7 Å². The van der Waals surface area contributed by atoms with E-state index in [-0.39, 0.29) is 10.7 Å². The summed E-state index contributed by atoms with van der Waals surface area (Å²) in [7, 11) is 0.159. The predicted molar refractivity (Wildman–Crippen MR) is 78.7 cm³/mol. The zero-order valence-corrected chi connectivity index (χ0v) is 11.8. The molecule has 1 unspecified atom stereocenters. The predicted octanol–water partition coefficient (Wildman–Crippen LogP) is 4.01. The lowest BCUT2D eigenvalue weighted by Crippen LogP contribution is -2.23. The molecule has 0 amide bonds. The van der Waals surface area contributed by atoms with Crippen LogP contribution in [0.15, 0.2) is 40.8 Å². The highest BCUT2D eigenvalue weighted by atomic mass is 32.2. The number of hydrogen-bond donors (Lipinski definition) is 0. The normalized spacial score (nSPS) is 19.1. The second-order valence-electron chi connectivity index (χ2n) is 4.55. The Morgan fingerprint density at radius 3 is 2.41 bits per heavy atom. The van der Waals surface area contributed by atoms with Gasteiger partial charge in [0.15, 0.2) is 0 Å². The molecule has 1 aliphatic rings. The largest absolute Gasteiger partial charge is 0.248 e. The highest BCUT2D eigenvalue weighted by molar-refractivity contribution is 8.13. The van der Waals surface area contributed by atoms with Crippen LogP contribution in [0, 0.1) is 6.92 Å². The van der Waals surface area contributed by atoms with Gasteiger partial charge in [0.05, 0.1) is 0 Å². The summed E-state index contributed by atoms with van der Waals surface area (Å²) in [6.45, 7) is 8.83. The van der Waals surface area contributed by atoms with Gasteiger partial charge in [0.2, 0.25) is 0 Å². The van der Waals surface area contributed by atoms with E-state index in [9.17, 15) is 0 Å². The van der Waals surface area contributed by atoms with Crippen molar-refractivity contribution in [3.05, 3.63) is 41.5 Å². The van der Waals surface area contributed by atoms with E-state index >= 15 is 0 Å². The zero-order valence-electron chi connectivity index (χ0n) is 10.9. The molecule has 1 nitrogen and oxygen atoms in total. The van der Waals surface area contributed by atoms with Gasteiger partial charge in [-0.15, -0.1) is 0 Å². The number of aryl methyl sites for hydroxylation is 1. The van der Waals surface area contributed by atoms with Crippen molar-refractivity contribution in [2.24, 2.45) is 0 Å². The van der Waals surface area contributed by atoms with Crippen molar-refractivity contribution < 1.29 is 0 Å². The molecule has 1 aliphatic heterocycles. The van der Waals surface area contributed by atoms with Gasteiger partial charge in [0.25, 0.3) is 0 Å². The molecule has 0 aliphatic carbocycles. The summed E-state index contributed by atoms with van der Waals surface area (Å²) in [5.41, 5.74) is 2.87. The maximum absolute atomic E-state index is 2.57. The van der Waals surface area contributed by atoms with Crippen LogP contribution in [0.4, 0.5) is 0 Å². The zero-order chi connectivity index (χ0) is 12.3. The number of nitrogens with zero attached hydrogens (tertiary/aromatic N) is 1. The minimum absolute atomic E-state index is 0.159. The van der Waals surface area contributed by atoms with Crippen LogP contribution in [0.2, 0.25) is 0 Å². The molecular weight excluding hydrogens is 226 g/mol. The summed E-state index contributed by atoms with van der Waals surface area (Å²) in [5, 5.41) is 2.33. The van der Waals surface area contributed by atoms with E-state index in [0.717, 1.165) is 6.54 Å². The van der Waals surface area contributed by atoms with Gasteiger partial charge in [0, 0.05) is 18.0 Å². The molecule has 0 fully saturated rings. The Labute approximate surface area is 107 Å². The second kappa shape index (κ2) is 5.65. The maximum atomic E-state index is 2.57. The van der Waals surface area contributed by atoms with Crippen LogP contribution in [-0.2, 0) is 0 Å². The van der Waals surface area contributed by atoms with Gasteiger partial charge in [-0.1, -0.05) is 40.0 Å². The third-order valence-electron chi connectivity index (χ3n) is 3.16. The van der Waals surface area contributed by atoms with Gasteiger partial charge in [-0.25, -0.2) is 4.31 Å². The number of hydrogen-bond acceptors (Lipinski definition) is 1. The first-order chi connectivity index (χ1) is 8.20. The SMILES string of the molecule is C/C=S(\c1ccc(C)cc1)N1CC=C(C)CC1. The summed E-state index contributed by atoms with van der Waals surface area (Å²) in [4.78, 5) is 1.44. The van der Waals surface area contributed by atoms with Crippen LogP contribution in [0.3, 0.4) is 0 Å². The molecule has 0 radical (unpaired) electrons. The monoisotopic (exact) mass is 247 g/mol. The molecule has 2 heteroatoms. The first kappa shape index (κ1) is 12.6. The maximum Gasteiger partial charge on any atom is 0.0271 e. The van der Waals surface area contributed by atoms with Crippen molar-refractivity contribution in [3.8, 4) is 0 Å². The molecule has 0 saturated heterocycles. The van der Waals surface area contributed by atoms with E-state index in [2.05, 4.69) is 60.8 Å². The highest BCUT2D eigenvalue weighted by Gasteiger charge is 2.13. The van der Waals surface area contributed by atoms with Crippen molar-refractivity contribution in [3.63, 3.8) is 0 Å². The van der Waals surface area contributed by atoms with Crippen molar-refractivity contribution in [1.29, 1.82) is 0 Å². The fourth-order valence-corrected chi connectivity index (χ4v) is 3.85. The van der Waals surface area contributed by atoms with E-state index in [1.54, 1.807) is 0 Å². The average molecular weight is 247 g/mol. The lowest BCUT2D eigenvalue weighted by atomic mass is 10.1. The summed E-state index contributed by atoms with van der Waals surface area (Å²) in [6.07, 6.45) is 3.57. The summed E-state index contributed by atoms with van der Waals surface area (Å²) in [6, 6.07) is 8.96. The van der Waals surface area contributed by atoms with Crippen LogP contribution < -0.4 is 0 Å². The lowest BCUT2D eigenvalue weighted by Gasteiger charge is -2.28. The van der Waals surface area contributed by atoms with E-state index in [0.29, 0.717) is 0 Å². The standard InChI is InChI=1S/C15H21NS/c1-4-17(15-7-5-13(2)6-8-15)16-11-9-14(3)10-12-16/h4-9H,10-12H2,1-3H3. The van der Waals surface area contributed by atoms with Crippen molar-refractivity contribution >= 4 is 16.0 Å². The molecule has 1 atom stereocenters. The molecule has 0 spiro atoms. The van der Waals surface area contributed by atoms with Gasteiger partial charge in [-0.05, 0) is 44.7 Å². The highest BCUT2D eigenvalue weighted by Crippen LogP contribution is 2.32. The summed E-state index contributed by atoms with van der Waals surface area (Å²) < 4.78 is 2.57. The number of rotatable bonds is 2. The molecule has 0 bridgehead atoms. The molecule has 0 aromatic heterocycles. The first-order valence-electron chi connectivity index (χ1n) is 6.20. The quantitative estimate of drug-likeness (QED) is 0.564. The van der Waals surface area contributed by atoms with Gasteiger partial charge in [0.1, 0.15) is 0 Å². The van der Waals surface area contributed by atoms with Gasteiger partial charge in [-0.2, -0.15) is 0 Å². The van der Waals surface area contributed by atoms with Gasteiger partial charge in [-0.3, -0.25) is 0 Å². The Balaban J connectivity index is 2.20. The minimum atomic E-state index is 0.159. The Kier molecular flexibility index (Phi) is 4.19. The molecule has 2 rings (SSSR count). The number of benzene rings is 1. The summed E-state index contributed by atoms with van der Waals surface area (Å²) >= 11 is 0. The van der Waals surface area contributed by atoms with Crippen LogP contribution in [0.1, 0.15) is 25.8 Å². The van der Waals surface area contributed by atoms with E-state index in [1.165, 1.54) is 29.0 Å². The third-order valence-corrected chi connectivity index (χ3v) is 5.25. The molecule has 1 aromatic rings. The van der Waals surface area contributed by atoms with Crippen LogP contribution in [-0.4, -0.2) is 22.8 Å². The van der Waals surface area contributed by atoms with Gasteiger partial charge < -0.3 is 0 Å². The molecule has 0 saturated carbocycles. The Bertz CT molecular complexity index is 442. The Hall–Kier alpha value is -0.860. The van der Waals surface area contributed by atoms with E-state index in [1.807, 2.05) is 0 Å². The fraction of sp³-hybridized carbons (Fsp3) is 0.400. The van der Waals surface area contributed by atoms with Gasteiger partial charge >= 0.3 is 0 Å². The smallest absolute Gasteiger partial charge is 0.0271 e. The van der Waals surface area contributed by atoms with Crippen molar-refractivity contribution in [1.82, 2.24) is 4.31 Å². The van der Waals surface area contributed by atoms with E-state index < -0.39 is 0 Å². The van der Waals surface area contributed by atoms with E-state index in [4.69, 9.17) is 0 Å². The molecule has 17 heavy (non-hydrogen) atoms. The lowest BCUT2D eigenvalue weighted by molar-refractivity contribution is 0.497. The fourth-order valence-electron chi connectivity index (χ4n) is 2.04. The minimum Gasteiger partial charge on any atom is -0.248 e. The molecule has 1 aromatic carbocycles. The molecule has 1 heterocycles. The second-order valence-corrected chi connectivity index (χ2v) is 6.64. The molecule has 92 valence electrons. The first-order valence-corrected chi connectivity index (χ1v) is 7.45. The molecular formula is C15H21NS. The Morgan fingerprint density at radius 2 is 1.88 bits per heavy atom. The molecule has 0 N–H and O–H groups in total. The average Bonchev–Trinajstić information content (AvgIpc) is 2.35. The Morgan fingerprint density at radius 1 is 1.18 bits per heavy atom. The van der Waals surface area contributed by atoms with Crippen LogP contribution in [0.5, 0.6) is 0 Å². The van der Waals surface area contributed by atoms with Crippen molar-refractivity contribution in [2.45, 2.75) is 32.1 Å².